The predicted octanol–water partition coefficient (Wildman–Crippen LogP) is 3.43. The van der Waals surface area contributed by atoms with Crippen LogP contribution in [0.25, 0.3) is 11.2 Å². The number of carbonyl (C=O) groups is 1. The van der Waals surface area contributed by atoms with Crippen LogP contribution in [0, 0.1) is 6.92 Å². The molecule has 0 radical (unpaired) electrons. The van der Waals surface area contributed by atoms with Gasteiger partial charge in [-0.15, -0.1) is 0 Å². The number of fused-ring (bicyclic) bond motifs is 3. The number of nitrogens with zero attached hydrogens (tertiary/aromatic N) is 4. The molecule has 0 atom stereocenters. The summed E-state index contributed by atoms with van der Waals surface area (Å²) in [5, 5.41) is 2.95. The molecule has 9 heteroatoms. The molecule has 0 bridgehead atoms. The van der Waals surface area contributed by atoms with Crippen LogP contribution in [0.2, 0.25) is 0 Å². The minimum absolute atomic E-state index is 0.132. The average Bonchev–Trinajstić information content (AvgIpc) is 2.97. The van der Waals surface area contributed by atoms with Crippen molar-refractivity contribution in [2.45, 2.75) is 70.5 Å². The molecule has 0 fully saturated rings. The maximum absolute atomic E-state index is 13.1. The fraction of sp³-hybridized carbons (Fsp3) is 0.458. The van der Waals surface area contributed by atoms with Crippen LogP contribution in [0.4, 0.5) is 0 Å². The standard InChI is InChI=1S/C24H31N5O3S/c1-16(2)28(4)33(31,32)19-11-9-18(10-12-19)15-25-24(30)20-14-17(3)26-23-22(20)27-21-8-6-5-7-13-29(21)23/h9-12,14,16H,5-8,13,15H2,1-4H3,(H,25,30). The van der Waals surface area contributed by atoms with Crippen molar-refractivity contribution in [2.75, 3.05) is 7.05 Å². The smallest absolute Gasteiger partial charge is 0.253 e. The summed E-state index contributed by atoms with van der Waals surface area (Å²) in [4.78, 5) is 22.7. The second kappa shape index (κ2) is 9.23. The van der Waals surface area contributed by atoms with Crippen LogP contribution >= 0.6 is 0 Å². The molecule has 3 heterocycles. The third-order valence-electron chi connectivity index (χ3n) is 6.22. The molecule has 1 amide bonds. The van der Waals surface area contributed by atoms with E-state index in [2.05, 4.69) is 14.9 Å². The number of amides is 1. The van der Waals surface area contributed by atoms with Gasteiger partial charge in [0, 0.05) is 38.3 Å². The first-order chi connectivity index (χ1) is 15.7. The number of benzene rings is 1. The van der Waals surface area contributed by atoms with Gasteiger partial charge in [0.2, 0.25) is 10.0 Å². The molecule has 1 aliphatic heterocycles. The Morgan fingerprint density at radius 2 is 1.88 bits per heavy atom. The van der Waals surface area contributed by atoms with Gasteiger partial charge in [-0.05, 0) is 57.4 Å². The molecule has 0 spiro atoms. The molecule has 0 aliphatic carbocycles. The van der Waals surface area contributed by atoms with Gasteiger partial charge in [0.1, 0.15) is 11.3 Å². The highest BCUT2D eigenvalue weighted by Crippen LogP contribution is 2.24. The molecule has 1 aliphatic rings. The van der Waals surface area contributed by atoms with Crippen molar-refractivity contribution in [3.05, 3.63) is 53.0 Å². The van der Waals surface area contributed by atoms with E-state index in [1.807, 2.05) is 20.8 Å². The molecule has 1 N–H and O–H groups in total. The minimum Gasteiger partial charge on any atom is -0.348 e. The van der Waals surface area contributed by atoms with E-state index in [1.54, 1.807) is 37.4 Å². The summed E-state index contributed by atoms with van der Waals surface area (Å²) in [5.74, 6) is 0.785. The van der Waals surface area contributed by atoms with E-state index in [-0.39, 0.29) is 23.4 Å². The Bertz CT molecular complexity index is 1280. The molecule has 176 valence electrons. The van der Waals surface area contributed by atoms with Crippen molar-refractivity contribution in [3.63, 3.8) is 0 Å². The lowest BCUT2D eigenvalue weighted by atomic mass is 10.1. The number of pyridine rings is 1. The molecular weight excluding hydrogens is 438 g/mol. The fourth-order valence-corrected chi connectivity index (χ4v) is 5.46. The van der Waals surface area contributed by atoms with Gasteiger partial charge in [0.15, 0.2) is 5.65 Å². The second-order valence-electron chi connectivity index (χ2n) is 8.92. The van der Waals surface area contributed by atoms with Crippen molar-refractivity contribution < 1.29 is 13.2 Å². The highest BCUT2D eigenvalue weighted by Gasteiger charge is 2.23. The van der Waals surface area contributed by atoms with Crippen molar-refractivity contribution >= 4 is 27.1 Å². The van der Waals surface area contributed by atoms with Gasteiger partial charge in [0.05, 0.1) is 10.5 Å². The van der Waals surface area contributed by atoms with Gasteiger partial charge in [-0.25, -0.2) is 18.4 Å². The topological polar surface area (TPSA) is 97.2 Å². The third-order valence-corrected chi connectivity index (χ3v) is 8.27. The van der Waals surface area contributed by atoms with E-state index in [9.17, 15) is 13.2 Å². The number of carbonyl (C=O) groups excluding carboxylic acids is 1. The first kappa shape index (κ1) is 23.4. The Balaban J connectivity index is 1.53. The lowest BCUT2D eigenvalue weighted by Gasteiger charge is -2.21. The van der Waals surface area contributed by atoms with Crippen LogP contribution in [0.1, 0.15) is 60.5 Å². The zero-order valence-electron chi connectivity index (χ0n) is 19.6. The highest BCUT2D eigenvalue weighted by atomic mass is 32.2. The number of aryl methyl sites for hydroxylation is 3. The van der Waals surface area contributed by atoms with Gasteiger partial charge in [-0.1, -0.05) is 18.6 Å². The quantitative estimate of drug-likeness (QED) is 0.597. The maximum Gasteiger partial charge on any atom is 0.253 e. The van der Waals surface area contributed by atoms with E-state index in [0.29, 0.717) is 11.1 Å². The number of nitrogens with one attached hydrogen (secondary N) is 1. The summed E-state index contributed by atoms with van der Waals surface area (Å²) < 4.78 is 28.8. The summed E-state index contributed by atoms with van der Waals surface area (Å²) >= 11 is 0. The van der Waals surface area contributed by atoms with E-state index in [4.69, 9.17) is 4.98 Å². The summed E-state index contributed by atoms with van der Waals surface area (Å²) in [7, 11) is -1.96. The van der Waals surface area contributed by atoms with Crippen molar-refractivity contribution in [1.82, 2.24) is 24.2 Å². The number of sulfonamides is 1. The van der Waals surface area contributed by atoms with Crippen molar-refractivity contribution in [3.8, 4) is 0 Å². The minimum atomic E-state index is -3.53. The number of hydrogen-bond donors (Lipinski definition) is 1. The molecule has 4 rings (SSSR count). The van der Waals surface area contributed by atoms with E-state index in [0.717, 1.165) is 48.5 Å². The van der Waals surface area contributed by atoms with Gasteiger partial charge < -0.3 is 9.88 Å². The molecule has 8 nitrogen and oxygen atoms in total. The Morgan fingerprint density at radius 1 is 1.15 bits per heavy atom. The number of imidazole rings is 1. The Kier molecular flexibility index (Phi) is 6.54. The second-order valence-corrected chi connectivity index (χ2v) is 10.9. The molecule has 1 aromatic carbocycles. The first-order valence-corrected chi connectivity index (χ1v) is 12.8. The molecular formula is C24H31N5O3S. The van der Waals surface area contributed by atoms with Crippen molar-refractivity contribution in [2.24, 2.45) is 0 Å². The normalized spacial score (nSPS) is 14.5. The number of aromatic nitrogens is 3. The van der Waals surface area contributed by atoms with Crippen LogP contribution < -0.4 is 5.32 Å². The first-order valence-electron chi connectivity index (χ1n) is 11.4. The molecule has 33 heavy (non-hydrogen) atoms. The largest absolute Gasteiger partial charge is 0.348 e. The molecule has 2 aromatic heterocycles. The summed E-state index contributed by atoms with van der Waals surface area (Å²) in [6, 6.07) is 8.27. The van der Waals surface area contributed by atoms with E-state index < -0.39 is 10.0 Å². The zero-order chi connectivity index (χ0) is 23.8. The fourth-order valence-electron chi connectivity index (χ4n) is 4.09. The molecule has 3 aromatic rings. The lowest BCUT2D eigenvalue weighted by Crippen LogP contribution is -2.33. The summed E-state index contributed by atoms with van der Waals surface area (Å²) in [6.45, 7) is 6.72. The van der Waals surface area contributed by atoms with Crippen LogP contribution in [-0.2, 0) is 29.5 Å². The highest BCUT2D eigenvalue weighted by molar-refractivity contribution is 7.89. The maximum atomic E-state index is 13.1. The molecule has 0 saturated carbocycles. The Morgan fingerprint density at radius 3 is 2.58 bits per heavy atom. The zero-order valence-corrected chi connectivity index (χ0v) is 20.4. The van der Waals surface area contributed by atoms with Gasteiger partial charge in [0.25, 0.3) is 5.91 Å². The third kappa shape index (κ3) is 4.65. The van der Waals surface area contributed by atoms with Gasteiger partial charge in [-0.2, -0.15) is 4.31 Å². The number of hydrogen-bond acceptors (Lipinski definition) is 5. The van der Waals surface area contributed by atoms with Crippen LogP contribution in [0.5, 0.6) is 0 Å². The average molecular weight is 470 g/mol. The summed E-state index contributed by atoms with van der Waals surface area (Å²) in [5.41, 5.74) is 3.55. The van der Waals surface area contributed by atoms with Crippen molar-refractivity contribution in [1.29, 1.82) is 0 Å². The van der Waals surface area contributed by atoms with Crippen LogP contribution in [0.3, 0.4) is 0 Å². The lowest BCUT2D eigenvalue weighted by molar-refractivity contribution is 0.0952. The Labute approximate surface area is 195 Å². The van der Waals surface area contributed by atoms with Crippen LogP contribution in [0.15, 0.2) is 35.2 Å². The van der Waals surface area contributed by atoms with Gasteiger partial charge >= 0.3 is 0 Å². The summed E-state index contributed by atoms with van der Waals surface area (Å²) in [6.07, 6.45) is 4.27. The van der Waals surface area contributed by atoms with Crippen LogP contribution in [-0.4, -0.2) is 46.3 Å². The van der Waals surface area contributed by atoms with Gasteiger partial charge in [-0.3, -0.25) is 4.79 Å². The SMILES string of the molecule is Cc1cc(C(=O)NCc2ccc(S(=O)(=O)N(C)C(C)C)cc2)c2nc3n(c2n1)CCCCC3. The van der Waals surface area contributed by atoms with E-state index >= 15 is 0 Å². The van der Waals surface area contributed by atoms with E-state index in [1.165, 1.54) is 10.7 Å². The number of rotatable bonds is 6. The monoisotopic (exact) mass is 469 g/mol. The molecule has 0 unspecified atom stereocenters. The predicted molar refractivity (Wildman–Crippen MR) is 128 cm³/mol. The Hall–Kier alpha value is -2.78. The molecule has 0 saturated heterocycles.